The van der Waals surface area contributed by atoms with E-state index in [4.69, 9.17) is 9.11 Å². The van der Waals surface area contributed by atoms with Gasteiger partial charge in [-0.1, -0.05) is 12.1 Å². The normalized spacial score (nSPS) is 11.5. The number of rotatable bonds is 2. The molecule has 1 radical (unpaired) electrons. The molecule has 0 aliphatic rings. The topological polar surface area (TPSA) is 109 Å². The Hall–Kier alpha value is 0.520. The molecule has 0 aromatic heterocycles. The molecule has 0 fully saturated rings. The number of fused-ring (bicyclic) bond motifs is 1. The van der Waals surface area contributed by atoms with Gasteiger partial charge in [0, 0.05) is 6.07 Å². The van der Waals surface area contributed by atoms with Gasteiger partial charge in [0.1, 0.15) is 4.90 Å². The fourth-order valence-electron chi connectivity index (χ4n) is 1.44. The SMILES string of the molecule is O=S(=O)(O)c1[c]c2ccc(S(=O)(=O)O)cc2cc1.[NaH].[NaH]. The average Bonchev–Trinajstić information content (AvgIpc) is 2.25. The second kappa shape index (κ2) is 7.19. The van der Waals surface area contributed by atoms with E-state index in [1.807, 2.05) is 0 Å². The average molecular weight is 335 g/mol. The molecule has 99 valence electrons. The molecule has 0 aliphatic heterocycles. The first-order chi connectivity index (χ1) is 8.18. The first kappa shape index (κ1) is 20.5. The fourth-order valence-corrected chi connectivity index (χ4v) is 2.44. The number of benzene rings is 2. The molecule has 2 N–H and O–H groups in total. The van der Waals surface area contributed by atoms with Gasteiger partial charge in [0.15, 0.2) is 0 Å². The van der Waals surface area contributed by atoms with Gasteiger partial charge >= 0.3 is 59.1 Å². The fraction of sp³-hybridized carbons (Fsp3) is 0. The summed E-state index contributed by atoms with van der Waals surface area (Å²) in [6.45, 7) is 0. The van der Waals surface area contributed by atoms with Crippen LogP contribution in [-0.4, -0.2) is 85.1 Å². The molecule has 2 aromatic rings. The van der Waals surface area contributed by atoms with E-state index < -0.39 is 25.1 Å². The molecule has 2 rings (SSSR count). The quantitative estimate of drug-likeness (QED) is 0.583. The van der Waals surface area contributed by atoms with Crippen molar-refractivity contribution < 1.29 is 25.9 Å². The Morgan fingerprint density at radius 1 is 0.850 bits per heavy atom. The summed E-state index contributed by atoms with van der Waals surface area (Å²) in [7, 11) is -8.67. The Morgan fingerprint density at radius 3 is 1.95 bits per heavy atom. The number of hydrogen-bond acceptors (Lipinski definition) is 4. The van der Waals surface area contributed by atoms with E-state index >= 15 is 0 Å². The van der Waals surface area contributed by atoms with E-state index in [-0.39, 0.29) is 64.0 Å². The summed E-state index contributed by atoms with van der Waals surface area (Å²) in [4.78, 5) is -0.711. The summed E-state index contributed by atoms with van der Waals surface area (Å²) in [5.41, 5.74) is 0. The van der Waals surface area contributed by atoms with Crippen LogP contribution in [0.1, 0.15) is 0 Å². The second-order valence-corrected chi connectivity index (χ2v) is 6.33. The molecule has 0 saturated carbocycles. The van der Waals surface area contributed by atoms with Crippen LogP contribution in [0.5, 0.6) is 0 Å². The molecule has 2 aromatic carbocycles. The van der Waals surface area contributed by atoms with Crippen molar-refractivity contribution in [1.82, 2.24) is 0 Å². The summed E-state index contributed by atoms with van der Waals surface area (Å²) in [5, 5.41) is 0.676. The van der Waals surface area contributed by atoms with Crippen LogP contribution in [-0.2, 0) is 20.2 Å². The second-order valence-electron chi connectivity index (χ2n) is 3.52. The van der Waals surface area contributed by atoms with Gasteiger partial charge in [-0.3, -0.25) is 9.11 Å². The molecule has 0 amide bonds. The third-order valence-electron chi connectivity index (χ3n) is 2.27. The third kappa shape index (κ3) is 4.77. The van der Waals surface area contributed by atoms with E-state index in [1.165, 1.54) is 18.2 Å². The van der Waals surface area contributed by atoms with Crippen molar-refractivity contribution in [3.63, 3.8) is 0 Å². The van der Waals surface area contributed by atoms with Crippen molar-refractivity contribution in [2.75, 3.05) is 0 Å². The summed E-state index contributed by atoms with van der Waals surface area (Å²) >= 11 is 0. The summed E-state index contributed by atoms with van der Waals surface area (Å²) in [6.07, 6.45) is 0. The van der Waals surface area contributed by atoms with Crippen LogP contribution < -0.4 is 0 Å². The maximum absolute atomic E-state index is 10.9. The van der Waals surface area contributed by atoms with Gasteiger partial charge in [0.25, 0.3) is 20.2 Å². The van der Waals surface area contributed by atoms with Crippen molar-refractivity contribution in [2.24, 2.45) is 0 Å². The Balaban J connectivity index is 0.00000180. The Morgan fingerprint density at radius 2 is 1.45 bits per heavy atom. The molecule has 0 bridgehead atoms. The molecule has 0 unspecified atom stereocenters. The van der Waals surface area contributed by atoms with Gasteiger partial charge in [-0.05, 0) is 29.0 Å². The van der Waals surface area contributed by atoms with Crippen LogP contribution in [0.15, 0.2) is 40.1 Å². The van der Waals surface area contributed by atoms with Crippen LogP contribution in [0.25, 0.3) is 10.8 Å². The molecule has 20 heavy (non-hydrogen) atoms. The van der Waals surface area contributed by atoms with Crippen LogP contribution in [0.4, 0.5) is 0 Å². The van der Waals surface area contributed by atoms with Crippen LogP contribution >= 0.6 is 0 Å². The van der Waals surface area contributed by atoms with Gasteiger partial charge in [-0.15, -0.1) is 0 Å². The summed E-state index contributed by atoms with van der Waals surface area (Å²) in [6, 6.07) is 8.40. The molecule has 6 nitrogen and oxygen atoms in total. The van der Waals surface area contributed by atoms with Crippen molar-refractivity contribution in [3.05, 3.63) is 36.4 Å². The minimum absolute atomic E-state index is 0. The molecule has 0 saturated heterocycles. The van der Waals surface area contributed by atoms with E-state index in [9.17, 15) is 16.8 Å². The summed E-state index contributed by atoms with van der Waals surface area (Å²) in [5.74, 6) is 0. The predicted molar refractivity (Wildman–Crippen MR) is 76.7 cm³/mol. The number of hydrogen-bond donors (Lipinski definition) is 2. The monoisotopic (exact) mass is 335 g/mol. The summed E-state index contributed by atoms with van der Waals surface area (Å²) < 4.78 is 61.3. The first-order valence-electron chi connectivity index (χ1n) is 4.59. The maximum atomic E-state index is 10.9. The van der Waals surface area contributed by atoms with E-state index in [2.05, 4.69) is 6.07 Å². The van der Waals surface area contributed by atoms with Crippen molar-refractivity contribution in [3.8, 4) is 0 Å². The van der Waals surface area contributed by atoms with Crippen LogP contribution in [0.2, 0.25) is 0 Å². The van der Waals surface area contributed by atoms with Gasteiger partial charge in [-0.2, -0.15) is 16.8 Å². The molecule has 0 aliphatic carbocycles. The Kier molecular flexibility index (Phi) is 7.37. The van der Waals surface area contributed by atoms with Crippen molar-refractivity contribution in [2.45, 2.75) is 9.79 Å². The first-order valence-corrected chi connectivity index (χ1v) is 7.47. The molecule has 0 atom stereocenters. The van der Waals surface area contributed by atoms with E-state index in [0.717, 1.165) is 12.1 Å². The third-order valence-corrected chi connectivity index (χ3v) is 3.91. The van der Waals surface area contributed by atoms with E-state index in [1.54, 1.807) is 0 Å². The van der Waals surface area contributed by atoms with Gasteiger partial charge in [0.2, 0.25) is 0 Å². The van der Waals surface area contributed by atoms with Gasteiger partial charge in [-0.25, -0.2) is 0 Å². The molecule has 0 spiro atoms. The molecular formula is C10H9Na2O6S2. The van der Waals surface area contributed by atoms with Crippen LogP contribution in [0, 0.1) is 6.07 Å². The Labute approximate surface area is 160 Å². The molecular weight excluding hydrogens is 326 g/mol. The zero-order chi connectivity index (χ0) is 13.6. The zero-order valence-electron chi connectivity index (χ0n) is 8.73. The predicted octanol–water partition coefficient (Wildman–Crippen LogP) is -0.164. The van der Waals surface area contributed by atoms with Crippen molar-refractivity contribution >= 4 is 90.1 Å². The molecule has 10 heteroatoms. The van der Waals surface area contributed by atoms with Crippen molar-refractivity contribution in [1.29, 1.82) is 0 Å². The zero-order valence-corrected chi connectivity index (χ0v) is 10.4. The van der Waals surface area contributed by atoms with Crippen LogP contribution in [0.3, 0.4) is 0 Å². The standard InChI is InChI=1S/C10H7O6S2.2Na.2H/c11-17(12,13)9-3-1-7-5-10(18(14,15)16)4-2-8(7)6-9;;;;/h1-5H,(H,11,12,13)(H,14,15,16);;;;. The van der Waals surface area contributed by atoms with Gasteiger partial charge < -0.3 is 0 Å². The molecule has 0 heterocycles. The minimum atomic E-state index is -4.36. The van der Waals surface area contributed by atoms with Gasteiger partial charge in [0.05, 0.1) is 4.90 Å². The Bertz CT molecular complexity index is 759. The van der Waals surface area contributed by atoms with E-state index in [0.29, 0.717) is 10.8 Å².